The second-order valence-electron chi connectivity index (χ2n) is 1.50. The van der Waals surface area contributed by atoms with E-state index in [1.54, 1.807) is 9.12 Å². The Morgan fingerprint density at radius 1 is 1.86 bits per heavy atom. The third-order valence-electron chi connectivity index (χ3n) is 0.858. The molecule has 0 amide bonds. The molecule has 0 aliphatic heterocycles. The van der Waals surface area contributed by atoms with E-state index in [2.05, 4.69) is 39.8 Å². The predicted octanol–water partition coefficient (Wildman–Crippen LogP) is 2.37. The summed E-state index contributed by atoms with van der Waals surface area (Å²) in [6.07, 6.45) is 1.20. The van der Waals surface area contributed by atoms with Gasteiger partial charge in [-0.05, 0) is 22.5 Å². The largest absolute Gasteiger partial charge is 0.252 e. The summed E-state index contributed by atoms with van der Waals surface area (Å²) in [7, 11) is 1.65. The molecular weight excluding hydrogens is 221 g/mol. The van der Waals surface area contributed by atoms with Gasteiger partial charge in [0.2, 0.25) is 0 Å². The van der Waals surface area contributed by atoms with Crippen molar-refractivity contribution in [3.63, 3.8) is 0 Å². The number of hydrogen-bond acceptors (Lipinski definition) is 2. The first-order valence-corrected chi connectivity index (χ1v) is 5.70. The van der Waals surface area contributed by atoms with Gasteiger partial charge in [0, 0.05) is 27.2 Å². The van der Waals surface area contributed by atoms with Crippen LogP contribution in [0.2, 0.25) is 0 Å². The lowest BCUT2D eigenvalue weighted by Crippen LogP contribution is -2.15. The first-order chi connectivity index (χ1) is 3.31. The maximum atomic E-state index is 3.20. The normalized spacial score (nSPS) is 14.1. The van der Waals surface area contributed by atoms with E-state index in [9.17, 15) is 0 Å². The van der Waals surface area contributed by atoms with Crippen molar-refractivity contribution in [1.82, 2.24) is 4.72 Å². The van der Waals surface area contributed by atoms with Gasteiger partial charge in [0.1, 0.15) is 0 Å². The van der Waals surface area contributed by atoms with Crippen LogP contribution in [0.15, 0.2) is 0 Å². The zero-order valence-electron chi connectivity index (χ0n) is 4.57. The minimum Gasteiger partial charge on any atom is -0.252 e. The van der Waals surface area contributed by atoms with Crippen LogP contribution in [0.5, 0.6) is 0 Å². The molecule has 0 bridgehead atoms. The summed E-state index contributed by atoms with van der Waals surface area (Å²) in [6, 6.07) is 0.655. The quantitative estimate of drug-likeness (QED) is 0.591. The highest BCUT2D eigenvalue weighted by atomic mass is 127. The lowest BCUT2D eigenvalue weighted by atomic mass is 10.3. The van der Waals surface area contributed by atoms with Gasteiger partial charge >= 0.3 is 0 Å². The van der Waals surface area contributed by atoms with Crippen molar-refractivity contribution >= 4 is 30.3 Å². The average molecular weight is 231 g/mol. The summed E-state index contributed by atoms with van der Waals surface area (Å²) in [5, 5.41) is 0. The molecule has 0 aliphatic carbocycles. The van der Waals surface area contributed by atoms with Gasteiger partial charge in [0.15, 0.2) is 0 Å². The van der Waals surface area contributed by atoms with Gasteiger partial charge in [0.05, 0.1) is 0 Å². The Kier molecular flexibility index (Phi) is 5.95. The minimum atomic E-state index is 0.655. The van der Waals surface area contributed by atoms with Crippen molar-refractivity contribution in [2.75, 3.05) is 0 Å². The molecule has 0 spiro atoms. The number of hydrogen-bond donors (Lipinski definition) is 1. The Morgan fingerprint density at radius 3 is 2.57 bits per heavy atom. The molecule has 0 fully saturated rings. The Bertz CT molecular complexity index is 42.7. The van der Waals surface area contributed by atoms with Gasteiger partial charge in [0.25, 0.3) is 0 Å². The van der Waals surface area contributed by atoms with E-state index >= 15 is 0 Å². The van der Waals surface area contributed by atoms with Crippen molar-refractivity contribution < 1.29 is 0 Å². The van der Waals surface area contributed by atoms with Crippen LogP contribution in [0.3, 0.4) is 0 Å². The highest BCUT2D eigenvalue weighted by Gasteiger charge is 1.91. The van der Waals surface area contributed by atoms with Crippen molar-refractivity contribution in [1.29, 1.82) is 0 Å². The van der Waals surface area contributed by atoms with Crippen LogP contribution in [0.4, 0.5) is 0 Å². The van der Waals surface area contributed by atoms with Gasteiger partial charge in [-0.3, -0.25) is 4.72 Å². The Hall–Kier alpha value is 1.04. The maximum absolute atomic E-state index is 3.20. The summed E-state index contributed by atoms with van der Waals surface area (Å²) in [5.41, 5.74) is 0. The lowest BCUT2D eigenvalue weighted by Gasteiger charge is -2.04. The maximum Gasteiger partial charge on any atom is 0.0148 e. The molecule has 0 saturated heterocycles. The standard InChI is InChI=1S/C4H10INS/c1-3-4(2)6-7-5/h4,6H,3H2,1-2H3. The monoisotopic (exact) mass is 231 g/mol. The van der Waals surface area contributed by atoms with Crippen LogP contribution in [0.25, 0.3) is 0 Å². The van der Waals surface area contributed by atoms with Crippen molar-refractivity contribution in [3.8, 4) is 0 Å². The van der Waals surface area contributed by atoms with Crippen molar-refractivity contribution in [2.45, 2.75) is 26.3 Å². The van der Waals surface area contributed by atoms with Crippen molar-refractivity contribution in [3.05, 3.63) is 0 Å². The molecule has 0 aromatic heterocycles. The van der Waals surface area contributed by atoms with Gasteiger partial charge in [-0.2, -0.15) is 0 Å². The molecule has 1 atom stereocenters. The molecule has 0 aromatic rings. The number of halogens is 1. The first kappa shape index (κ1) is 8.04. The Morgan fingerprint density at radius 2 is 2.43 bits per heavy atom. The second-order valence-corrected chi connectivity index (χ2v) is 3.22. The van der Waals surface area contributed by atoms with Crippen LogP contribution in [0, 0.1) is 0 Å². The molecule has 44 valence electrons. The number of rotatable bonds is 3. The minimum absolute atomic E-state index is 0.655. The van der Waals surface area contributed by atoms with Gasteiger partial charge in [-0.25, -0.2) is 0 Å². The third kappa shape index (κ3) is 4.90. The fourth-order valence-electron chi connectivity index (χ4n) is 0.159. The fourth-order valence-corrected chi connectivity index (χ4v) is 1.78. The van der Waals surface area contributed by atoms with Crippen LogP contribution >= 0.6 is 30.3 Å². The highest BCUT2D eigenvalue weighted by molar-refractivity contribution is 14.2. The SMILES string of the molecule is CCC(C)NSI. The second kappa shape index (κ2) is 5.18. The summed E-state index contributed by atoms with van der Waals surface area (Å²) < 4.78 is 3.20. The molecule has 1 unspecified atom stereocenters. The van der Waals surface area contributed by atoms with E-state index in [1.807, 2.05) is 0 Å². The molecule has 1 nitrogen and oxygen atoms in total. The molecule has 0 aliphatic rings. The summed E-state index contributed by atoms with van der Waals surface area (Å²) >= 11 is 2.23. The van der Waals surface area contributed by atoms with Gasteiger partial charge in [-0.1, -0.05) is 6.92 Å². The predicted molar refractivity (Wildman–Crippen MR) is 44.5 cm³/mol. The van der Waals surface area contributed by atoms with E-state index in [4.69, 9.17) is 0 Å². The highest BCUT2D eigenvalue weighted by Crippen LogP contribution is 2.06. The molecule has 0 saturated carbocycles. The number of nitrogens with one attached hydrogen (secondary N) is 1. The molecule has 0 aromatic carbocycles. The summed E-state index contributed by atoms with van der Waals surface area (Å²) in [4.78, 5) is 0. The van der Waals surface area contributed by atoms with Crippen LogP contribution in [-0.2, 0) is 0 Å². The van der Waals surface area contributed by atoms with Crippen LogP contribution in [-0.4, -0.2) is 6.04 Å². The topological polar surface area (TPSA) is 12.0 Å². The van der Waals surface area contributed by atoms with Crippen molar-refractivity contribution in [2.24, 2.45) is 0 Å². The van der Waals surface area contributed by atoms with E-state index < -0.39 is 0 Å². The third-order valence-corrected chi connectivity index (χ3v) is 2.11. The van der Waals surface area contributed by atoms with Gasteiger partial charge in [-0.15, -0.1) is 0 Å². The fraction of sp³-hybridized carbons (Fsp3) is 1.00. The molecule has 7 heavy (non-hydrogen) atoms. The Labute approximate surface area is 61.4 Å². The average Bonchev–Trinajstić information content (AvgIpc) is 1.68. The van der Waals surface area contributed by atoms with E-state index in [-0.39, 0.29) is 0 Å². The van der Waals surface area contributed by atoms with Crippen LogP contribution < -0.4 is 4.72 Å². The smallest absolute Gasteiger partial charge is 0.0148 e. The molecule has 3 heteroatoms. The van der Waals surface area contributed by atoms with E-state index in [1.165, 1.54) is 6.42 Å². The molecule has 1 N–H and O–H groups in total. The molecular formula is C4H10INS. The lowest BCUT2D eigenvalue weighted by molar-refractivity contribution is 0.672. The molecule has 0 radical (unpaired) electrons. The van der Waals surface area contributed by atoms with Gasteiger partial charge < -0.3 is 0 Å². The molecule has 0 rings (SSSR count). The summed E-state index contributed by atoms with van der Waals surface area (Å²) in [6.45, 7) is 4.34. The molecule has 0 heterocycles. The zero-order chi connectivity index (χ0) is 5.70. The van der Waals surface area contributed by atoms with E-state index in [0.717, 1.165) is 0 Å². The first-order valence-electron chi connectivity index (χ1n) is 2.34. The van der Waals surface area contributed by atoms with E-state index in [0.29, 0.717) is 6.04 Å². The Balaban J connectivity index is 2.83. The summed E-state index contributed by atoms with van der Waals surface area (Å²) in [5.74, 6) is 0. The van der Waals surface area contributed by atoms with Crippen LogP contribution in [0.1, 0.15) is 20.3 Å². The zero-order valence-corrected chi connectivity index (χ0v) is 7.54.